The van der Waals surface area contributed by atoms with Crippen molar-refractivity contribution in [2.75, 3.05) is 19.7 Å². The molecule has 3 rings (SSSR count). The highest BCUT2D eigenvalue weighted by Gasteiger charge is 2.26. The predicted molar refractivity (Wildman–Crippen MR) is 102 cm³/mol. The minimum absolute atomic E-state index is 0.00705. The molecule has 0 saturated carbocycles. The van der Waals surface area contributed by atoms with Gasteiger partial charge in [0.25, 0.3) is 5.91 Å². The highest BCUT2D eigenvalue weighted by Crippen LogP contribution is 2.16. The number of carbonyl (C=O) groups excluding carboxylic acids is 1. The molecule has 0 spiro atoms. The minimum Gasteiger partial charge on any atom is -0.375 e. The lowest BCUT2D eigenvalue weighted by Gasteiger charge is -2.32. The number of nitrogens with one attached hydrogen (secondary N) is 1. The summed E-state index contributed by atoms with van der Waals surface area (Å²) in [7, 11) is 0. The molecule has 2 heterocycles. The number of hydrogen-bond donors (Lipinski definition) is 1. The van der Waals surface area contributed by atoms with E-state index in [0.717, 1.165) is 31.4 Å². The third-order valence-corrected chi connectivity index (χ3v) is 4.74. The van der Waals surface area contributed by atoms with E-state index in [2.05, 4.69) is 48.3 Å². The van der Waals surface area contributed by atoms with Gasteiger partial charge in [-0.25, -0.2) is 0 Å². The molecule has 0 bridgehead atoms. The van der Waals surface area contributed by atoms with Gasteiger partial charge in [0.05, 0.1) is 12.7 Å². The molecule has 1 aliphatic rings. The number of aromatic nitrogens is 2. The van der Waals surface area contributed by atoms with E-state index in [4.69, 9.17) is 4.74 Å². The third-order valence-electron chi connectivity index (χ3n) is 4.74. The van der Waals surface area contributed by atoms with Gasteiger partial charge in [0.2, 0.25) is 0 Å². The molecule has 1 aliphatic heterocycles. The van der Waals surface area contributed by atoms with Crippen LogP contribution in [0.15, 0.2) is 36.4 Å². The van der Waals surface area contributed by atoms with Crippen LogP contribution < -0.4 is 0 Å². The summed E-state index contributed by atoms with van der Waals surface area (Å²) in [6, 6.07) is 12.4. The van der Waals surface area contributed by atoms with Crippen molar-refractivity contribution in [3.63, 3.8) is 0 Å². The van der Waals surface area contributed by atoms with Gasteiger partial charge in [0, 0.05) is 18.8 Å². The SMILES string of the molecule is CC(C)Cc1cc(C(=O)N2CCO[C@@H](CCCc3ccccc3)C2)n[nH]1. The van der Waals surface area contributed by atoms with Crippen molar-refractivity contribution < 1.29 is 9.53 Å². The normalized spacial score (nSPS) is 17.7. The second kappa shape index (κ2) is 8.99. The van der Waals surface area contributed by atoms with E-state index in [0.29, 0.717) is 31.3 Å². The Balaban J connectivity index is 1.49. The van der Waals surface area contributed by atoms with E-state index >= 15 is 0 Å². The zero-order chi connectivity index (χ0) is 18.4. The maximum absolute atomic E-state index is 12.7. The van der Waals surface area contributed by atoms with Crippen LogP contribution >= 0.6 is 0 Å². The van der Waals surface area contributed by atoms with Gasteiger partial charge >= 0.3 is 0 Å². The van der Waals surface area contributed by atoms with Gasteiger partial charge in [-0.3, -0.25) is 9.89 Å². The summed E-state index contributed by atoms with van der Waals surface area (Å²) in [5.74, 6) is 0.545. The molecule has 1 saturated heterocycles. The van der Waals surface area contributed by atoms with Gasteiger partial charge in [-0.2, -0.15) is 5.10 Å². The van der Waals surface area contributed by atoms with Crippen LogP contribution in [0, 0.1) is 5.92 Å². The van der Waals surface area contributed by atoms with Gasteiger partial charge in [-0.1, -0.05) is 44.2 Å². The second-order valence-corrected chi connectivity index (χ2v) is 7.50. The van der Waals surface area contributed by atoms with Crippen LogP contribution in [0.25, 0.3) is 0 Å². The van der Waals surface area contributed by atoms with E-state index in [1.165, 1.54) is 5.56 Å². The summed E-state index contributed by atoms with van der Waals surface area (Å²) >= 11 is 0. The molecule has 1 atom stereocenters. The maximum Gasteiger partial charge on any atom is 0.274 e. The first-order chi connectivity index (χ1) is 12.6. The predicted octanol–water partition coefficient (Wildman–Crippen LogP) is 3.47. The molecule has 5 heteroatoms. The fraction of sp³-hybridized carbons (Fsp3) is 0.524. The van der Waals surface area contributed by atoms with Gasteiger partial charge in [-0.05, 0) is 43.2 Å². The number of benzene rings is 1. The summed E-state index contributed by atoms with van der Waals surface area (Å²) in [6.07, 6.45) is 4.11. The third kappa shape index (κ3) is 5.18. The number of carbonyl (C=O) groups is 1. The van der Waals surface area contributed by atoms with Gasteiger partial charge < -0.3 is 9.64 Å². The van der Waals surface area contributed by atoms with Crippen LogP contribution in [-0.2, 0) is 17.6 Å². The number of aryl methyl sites for hydroxylation is 1. The molecule has 1 aromatic heterocycles. The molecule has 140 valence electrons. The summed E-state index contributed by atoms with van der Waals surface area (Å²) in [4.78, 5) is 14.6. The number of hydrogen-bond acceptors (Lipinski definition) is 3. The second-order valence-electron chi connectivity index (χ2n) is 7.50. The number of morpholine rings is 1. The number of amides is 1. The Labute approximate surface area is 155 Å². The van der Waals surface area contributed by atoms with E-state index in [-0.39, 0.29) is 12.0 Å². The molecule has 1 amide bonds. The maximum atomic E-state index is 12.7. The fourth-order valence-corrected chi connectivity index (χ4v) is 3.43. The lowest BCUT2D eigenvalue weighted by atomic mass is 10.0. The van der Waals surface area contributed by atoms with Crippen molar-refractivity contribution >= 4 is 5.91 Å². The number of rotatable bonds is 7. The van der Waals surface area contributed by atoms with Gasteiger partial charge in [0.1, 0.15) is 5.69 Å². The molecule has 26 heavy (non-hydrogen) atoms. The monoisotopic (exact) mass is 355 g/mol. The Morgan fingerprint density at radius 2 is 2.15 bits per heavy atom. The van der Waals surface area contributed by atoms with Crippen molar-refractivity contribution in [1.29, 1.82) is 0 Å². The molecular formula is C21H29N3O2. The van der Waals surface area contributed by atoms with Crippen LogP contribution in [0.3, 0.4) is 0 Å². The van der Waals surface area contributed by atoms with Crippen LogP contribution in [0.1, 0.15) is 48.4 Å². The van der Waals surface area contributed by atoms with E-state index in [1.807, 2.05) is 17.0 Å². The Kier molecular flexibility index (Phi) is 6.45. The standard InChI is InChI=1S/C21H29N3O2/c1-16(2)13-18-14-20(23-22-18)21(25)24-11-12-26-19(15-24)10-6-9-17-7-4-3-5-8-17/h3-5,7-8,14,16,19H,6,9-13,15H2,1-2H3,(H,22,23)/t19-/m0/s1. The van der Waals surface area contributed by atoms with Crippen LogP contribution in [0.5, 0.6) is 0 Å². The average Bonchev–Trinajstić information content (AvgIpc) is 3.10. The Morgan fingerprint density at radius 3 is 2.92 bits per heavy atom. The smallest absolute Gasteiger partial charge is 0.274 e. The van der Waals surface area contributed by atoms with Crippen molar-refractivity contribution in [2.45, 2.75) is 45.6 Å². The van der Waals surface area contributed by atoms with Crippen LogP contribution in [-0.4, -0.2) is 46.8 Å². The van der Waals surface area contributed by atoms with Gasteiger partial charge in [-0.15, -0.1) is 0 Å². The Morgan fingerprint density at radius 1 is 1.35 bits per heavy atom. The van der Waals surface area contributed by atoms with Crippen molar-refractivity contribution in [2.24, 2.45) is 5.92 Å². The first-order valence-corrected chi connectivity index (χ1v) is 9.61. The molecular weight excluding hydrogens is 326 g/mol. The fourth-order valence-electron chi connectivity index (χ4n) is 3.43. The number of aromatic amines is 1. The number of ether oxygens (including phenoxy) is 1. The molecule has 1 N–H and O–H groups in total. The van der Waals surface area contributed by atoms with E-state index in [1.54, 1.807) is 0 Å². The molecule has 1 aromatic carbocycles. The summed E-state index contributed by atoms with van der Waals surface area (Å²) in [5.41, 5.74) is 2.90. The highest BCUT2D eigenvalue weighted by molar-refractivity contribution is 5.92. The highest BCUT2D eigenvalue weighted by atomic mass is 16.5. The topological polar surface area (TPSA) is 58.2 Å². The summed E-state index contributed by atoms with van der Waals surface area (Å²) < 4.78 is 5.87. The van der Waals surface area contributed by atoms with Gasteiger partial charge in [0.15, 0.2) is 0 Å². The molecule has 5 nitrogen and oxygen atoms in total. The number of H-pyrrole nitrogens is 1. The molecule has 1 fully saturated rings. The molecule has 0 aliphatic carbocycles. The summed E-state index contributed by atoms with van der Waals surface area (Å²) in [6.45, 7) is 6.21. The number of nitrogens with zero attached hydrogens (tertiary/aromatic N) is 2. The van der Waals surface area contributed by atoms with Crippen LogP contribution in [0.2, 0.25) is 0 Å². The molecule has 0 unspecified atom stereocenters. The van der Waals surface area contributed by atoms with Crippen molar-refractivity contribution in [3.8, 4) is 0 Å². The zero-order valence-corrected chi connectivity index (χ0v) is 15.8. The summed E-state index contributed by atoms with van der Waals surface area (Å²) in [5, 5.41) is 7.21. The van der Waals surface area contributed by atoms with E-state index in [9.17, 15) is 4.79 Å². The minimum atomic E-state index is 0.00705. The van der Waals surface area contributed by atoms with Crippen LogP contribution in [0.4, 0.5) is 0 Å². The largest absolute Gasteiger partial charge is 0.375 e. The van der Waals surface area contributed by atoms with E-state index < -0.39 is 0 Å². The molecule has 2 aromatic rings. The first kappa shape index (κ1) is 18.6. The lowest BCUT2D eigenvalue weighted by Crippen LogP contribution is -2.45. The molecule has 0 radical (unpaired) electrons. The Hall–Kier alpha value is -2.14. The Bertz CT molecular complexity index is 696. The average molecular weight is 355 g/mol. The lowest BCUT2D eigenvalue weighted by molar-refractivity contribution is -0.0256. The van der Waals surface area contributed by atoms with Crippen molar-refractivity contribution in [1.82, 2.24) is 15.1 Å². The zero-order valence-electron chi connectivity index (χ0n) is 15.8. The van der Waals surface area contributed by atoms with Crippen molar-refractivity contribution in [3.05, 3.63) is 53.3 Å². The first-order valence-electron chi connectivity index (χ1n) is 9.61. The quantitative estimate of drug-likeness (QED) is 0.827.